The number of likely N-dealkylation sites (tertiary alicyclic amines) is 1. The molecule has 0 aliphatic carbocycles. The third-order valence-electron chi connectivity index (χ3n) is 9.45. The summed E-state index contributed by atoms with van der Waals surface area (Å²) >= 11 is 0. The number of fused-ring (bicyclic) bond motifs is 1. The van der Waals surface area contributed by atoms with E-state index < -0.39 is 19.7 Å². The van der Waals surface area contributed by atoms with Gasteiger partial charge in [-0.15, -0.1) is 0 Å². The Kier molecular flexibility index (Phi) is 10.1. The number of nitrogens with one attached hydrogen (secondary N) is 2. The van der Waals surface area contributed by atoms with Crippen molar-refractivity contribution in [2.75, 3.05) is 89.5 Å². The number of halogens is 3. The van der Waals surface area contributed by atoms with E-state index in [2.05, 4.69) is 56.3 Å². The summed E-state index contributed by atoms with van der Waals surface area (Å²) in [5, 5.41) is 6.89. The Morgan fingerprint density at radius 3 is 2.42 bits per heavy atom. The highest BCUT2D eigenvalue weighted by Crippen LogP contribution is 2.43. The molecule has 0 spiro atoms. The van der Waals surface area contributed by atoms with Crippen molar-refractivity contribution in [1.82, 2.24) is 19.8 Å². The Hall–Kier alpha value is -3.54. The number of aromatic nitrogens is 2. The molecule has 3 aliphatic heterocycles. The highest BCUT2D eigenvalue weighted by molar-refractivity contribution is 7.64. The van der Waals surface area contributed by atoms with Gasteiger partial charge in [0.05, 0.1) is 18.5 Å². The molecule has 2 N–H and O–H groups in total. The molecule has 48 heavy (non-hydrogen) atoms. The summed E-state index contributed by atoms with van der Waals surface area (Å²) in [6, 6.07) is 8.67. The van der Waals surface area contributed by atoms with Gasteiger partial charge in [0.25, 0.3) is 0 Å². The number of rotatable bonds is 10. The molecule has 0 unspecified atom stereocenters. The molecule has 14 heteroatoms. The molecule has 0 bridgehead atoms. The minimum Gasteiger partial charge on any atom is -0.494 e. The molecule has 0 radical (unpaired) electrons. The maximum Gasteiger partial charge on any atom is 0.421 e. The van der Waals surface area contributed by atoms with Gasteiger partial charge in [0.2, 0.25) is 5.95 Å². The van der Waals surface area contributed by atoms with Gasteiger partial charge in [-0.25, -0.2) is 4.98 Å². The zero-order valence-electron chi connectivity index (χ0n) is 28.4. The van der Waals surface area contributed by atoms with Gasteiger partial charge in [0, 0.05) is 61.5 Å². The molecule has 0 amide bonds. The van der Waals surface area contributed by atoms with Gasteiger partial charge in [-0.1, -0.05) is 14.8 Å². The van der Waals surface area contributed by atoms with Crippen LogP contribution >= 0.6 is 7.92 Å². The van der Waals surface area contributed by atoms with Crippen molar-refractivity contribution in [3.63, 3.8) is 0 Å². The summed E-state index contributed by atoms with van der Waals surface area (Å²) in [6.45, 7) is 11.1. The quantitative estimate of drug-likeness (QED) is 0.251. The van der Waals surface area contributed by atoms with Crippen LogP contribution in [-0.4, -0.2) is 106 Å². The zero-order chi connectivity index (χ0) is 34.2. The Morgan fingerprint density at radius 2 is 1.77 bits per heavy atom. The first-order chi connectivity index (χ1) is 23.0. The fourth-order valence-corrected chi connectivity index (χ4v) is 7.87. The zero-order valence-corrected chi connectivity index (χ0v) is 29.3. The highest BCUT2D eigenvalue weighted by atomic mass is 31.1. The minimum absolute atomic E-state index is 0.0133. The lowest BCUT2D eigenvalue weighted by Gasteiger charge is -2.49. The molecule has 2 aromatic carbocycles. The van der Waals surface area contributed by atoms with E-state index in [9.17, 15) is 13.2 Å². The molecule has 4 heterocycles. The topological polar surface area (TPSA) is 87.2 Å². The van der Waals surface area contributed by atoms with E-state index in [1.807, 2.05) is 25.5 Å². The van der Waals surface area contributed by atoms with Gasteiger partial charge in [-0.2, -0.15) is 18.2 Å². The van der Waals surface area contributed by atoms with Crippen LogP contribution < -0.4 is 35.0 Å². The smallest absolute Gasteiger partial charge is 0.421 e. The van der Waals surface area contributed by atoms with Gasteiger partial charge in [0.15, 0.2) is 11.5 Å². The lowest BCUT2D eigenvalue weighted by Crippen LogP contribution is -2.62. The number of alkyl halides is 3. The molecule has 0 saturated carbocycles. The average Bonchev–Trinajstić information content (AvgIpc) is 3.03. The normalized spacial score (nSPS) is 17.5. The third-order valence-corrected chi connectivity index (χ3v) is 10.8. The fourth-order valence-electron chi connectivity index (χ4n) is 6.68. The monoisotopic (exact) mass is 687 g/mol. The maximum absolute atomic E-state index is 14.2. The molecule has 2 saturated heterocycles. The van der Waals surface area contributed by atoms with Gasteiger partial charge < -0.3 is 34.6 Å². The van der Waals surface area contributed by atoms with Crippen LogP contribution in [0, 0.1) is 0 Å². The van der Waals surface area contributed by atoms with Crippen molar-refractivity contribution in [2.24, 2.45) is 0 Å². The Morgan fingerprint density at radius 1 is 1.04 bits per heavy atom. The number of piperidine rings is 1. The third kappa shape index (κ3) is 7.09. The van der Waals surface area contributed by atoms with Crippen molar-refractivity contribution < 1.29 is 27.4 Å². The predicted octanol–water partition coefficient (Wildman–Crippen LogP) is 5.91. The molecule has 260 valence electrons. The number of nitrogens with zero attached hydrogens (tertiary/aromatic N) is 5. The lowest BCUT2D eigenvalue weighted by molar-refractivity contribution is -0.137. The second-order valence-corrected chi connectivity index (χ2v) is 15.1. The number of ether oxygens (including phenoxy) is 3. The van der Waals surface area contributed by atoms with E-state index in [0.29, 0.717) is 53.9 Å². The molecule has 10 nitrogen and oxygen atoms in total. The van der Waals surface area contributed by atoms with E-state index >= 15 is 0 Å². The molecule has 1 aromatic heterocycles. The van der Waals surface area contributed by atoms with E-state index in [0.717, 1.165) is 68.2 Å². The Labute approximate surface area is 281 Å². The SMILES string of the molecule is CCc1cc(Nc2ncc(C(F)(F)F)c(Nc3ccc4c(c3P(C)C)OCCO4)n2)c(OC)cc1N1CCC(N2CC(N(C)C)C2)CC1. The Bertz CT molecular complexity index is 1610. The molecular formula is C34H45F3N7O3P. The summed E-state index contributed by atoms with van der Waals surface area (Å²) in [4.78, 5) is 15.7. The number of likely N-dealkylation sites (N-methyl/N-ethyl adjacent to an activating group) is 1. The number of aryl methyl sites for hydroxylation is 1. The van der Waals surface area contributed by atoms with E-state index in [4.69, 9.17) is 14.2 Å². The van der Waals surface area contributed by atoms with Gasteiger partial charge in [-0.3, -0.25) is 4.90 Å². The van der Waals surface area contributed by atoms with Crippen molar-refractivity contribution in [3.8, 4) is 17.2 Å². The van der Waals surface area contributed by atoms with Gasteiger partial charge in [0.1, 0.15) is 30.3 Å². The Balaban J connectivity index is 1.25. The van der Waals surface area contributed by atoms with Crippen LogP contribution in [-0.2, 0) is 12.6 Å². The largest absolute Gasteiger partial charge is 0.494 e. The molecular weight excluding hydrogens is 642 g/mol. The molecule has 0 atom stereocenters. The summed E-state index contributed by atoms with van der Waals surface area (Å²) < 4.78 is 60.0. The highest BCUT2D eigenvalue weighted by Gasteiger charge is 2.37. The summed E-state index contributed by atoms with van der Waals surface area (Å²) in [7, 11) is 5.11. The van der Waals surface area contributed by atoms with Crippen molar-refractivity contribution in [2.45, 2.75) is 44.4 Å². The first-order valence-electron chi connectivity index (χ1n) is 16.4. The van der Waals surface area contributed by atoms with Crippen molar-refractivity contribution in [3.05, 3.63) is 41.6 Å². The van der Waals surface area contributed by atoms with Crippen LogP contribution in [0.25, 0.3) is 0 Å². The number of hydrogen-bond donors (Lipinski definition) is 2. The molecule has 3 aliphatic rings. The number of benzene rings is 2. The fraction of sp³-hybridized carbons (Fsp3) is 0.529. The van der Waals surface area contributed by atoms with Crippen LogP contribution in [0.15, 0.2) is 30.5 Å². The summed E-state index contributed by atoms with van der Waals surface area (Å²) in [5.74, 6) is 1.36. The van der Waals surface area contributed by atoms with Crippen molar-refractivity contribution >= 4 is 42.1 Å². The first-order valence-corrected chi connectivity index (χ1v) is 18.6. The van der Waals surface area contributed by atoms with Crippen LogP contribution in [0.1, 0.15) is 30.9 Å². The molecule has 3 aromatic rings. The van der Waals surface area contributed by atoms with Gasteiger partial charge in [-0.05, 0) is 70.5 Å². The number of anilines is 5. The first kappa shape index (κ1) is 34.3. The van der Waals surface area contributed by atoms with E-state index in [-0.39, 0.29) is 11.8 Å². The van der Waals surface area contributed by atoms with Crippen LogP contribution in [0.5, 0.6) is 17.2 Å². The standard InChI is InChI=1S/C34H45F3N7O3P/c1-7-21-16-26(29(45-4)17-27(21)43-12-10-22(11-13-43)44-19-23(20-44)42(2)3)40-33-38-18-24(34(35,36)37)32(41-33)39-25-8-9-28-30(31(25)48(5)6)47-15-14-46-28/h8-9,16-18,22-23H,7,10-15,19-20H2,1-6H3,(H2,38,39,40,41). The second kappa shape index (κ2) is 14.1. The number of methoxy groups -OCH3 is 1. The van der Waals surface area contributed by atoms with E-state index in [1.54, 1.807) is 19.2 Å². The van der Waals surface area contributed by atoms with Crippen LogP contribution in [0.2, 0.25) is 0 Å². The lowest BCUT2D eigenvalue weighted by atomic mass is 9.96. The minimum atomic E-state index is -4.68. The van der Waals surface area contributed by atoms with Crippen molar-refractivity contribution in [1.29, 1.82) is 0 Å². The van der Waals surface area contributed by atoms with Crippen LogP contribution in [0.4, 0.5) is 42.0 Å². The summed E-state index contributed by atoms with van der Waals surface area (Å²) in [6.07, 6.45) is -0.895. The predicted molar refractivity (Wildman–Crippen MR) is 186 cm³/mol. The second-order valence-electron chi connectivity index (χ2n) is 12.9. The maximum atomic E-state index is 14.2. The molecule has 6 rings (SSSR count). The average molecular weight is 688 g/mol. The number of hydrogen-bond acceptors (Lipinski definition) is 10. The molecule has 2 fully saturated rings. The van der Waals surface area contributed by atoms with Gasteiger partial charge >= 0.3 is 6.18 Å². The van der Waals surface area contributed by atoms with E-state index in [1.165, 1.54) is 0 Å². The summed E-state index contributed by atoms with van der Waals surface area (Å²) in [5.41, 5.74) is 2.32. The van der Waals surface area contributed by atoms with Crippen LogP contribution in [0.3, 0.4) is 0 Å².